The molecular formula is C33H29NO6. The summed E-state index contributed by atoms with van der Waals surface area (Å²) in [6, 6.07) is 30.2. The fourth-order valence-electron chi connectivity index (χ4n) is 4.69. The van der Waals surface area contributed by atoms with E-state index in [1.807, 2.05) is 42.5 Å². The first-order chi connectivity index (χ1) is 19.5. The second-order valence-corrected chi connectivity index (χ2v) is 9.51. The Morgan fingerprint density at radius 1 is 0.675 bits per heavy atom. The van der Waals surface area contributed by atoms with E-state index in [9.17, 15) is 14.4 Å². The monoisotopic (exact) mass is 535 g/mol. The van der Waals surface area contributed by atoms with Crippen LogP contribution in [0, 0.1) is 0 Å². The number of fused-ring (bicyclic) bond motifs is 1. The zero-order chi connectivity index (χ0) is 27.9. The third-order valence-electron chi connectivity index (χ3n) is 6.78. The normalized spacial score (nSPS) is 12.3. The van der Waals surface area contributed by atoms with Crippen LogP contribution < -0.4 is 9.47 Å². The Balaban J connectivity index is 1.18. The third-order valence-corrected chi connectivity index (χ3v) is 6.78. The largest absolute Gasteiger partial charge is 0.493 e. The highest BCUT2D eigenvalue weighted by molar-refractivity contribution is 6.21. The van der Waals surface area contributed by atoms with Gasteiger partial charge >= 0.3 is 5.97 Å². The van der Waals surface area contributed by atoms with Gasteiger partial charge in [0.15, 0.2) is 0 Å². The number of benzene rings is 4. The summed E-state index contributed by atoms with van der Waals surface area (Å²) >= 11 is 0. The van der Waals surface area contributed by atoms with Crippen molar-refractivity contribution in [2.24, 2.45) is 0 Å². The number of ether oxygens (including phenoxy) is 2. The van der Waals surface area contributed by atoms with E-state index in [0.717, 1.165) is 22.4 Å². The molecule has 1 heterocycles. The van der Waals surface area contributed by atoms with Gasteiger partial charge in [-0.05, 0) is 65.1 Å². The molecule has 5 rings (SSSR count). The van der Waals surface area contributed by atoms with Gasteiger partial charge in [0.05, 0.1) is 30.9 Å². The van der Waals surface area contributed by atoms with Crippen molar-refractivity contribution in [1.29, 1.82) is 0 Å². The number of imide groups is 1. The zero-order valence-electron chi connectivity index (χ0n) is 21.9. The van der Waals surface area contributed by atoms with E-state index in [2.05, 4.69) is 12.1 Å². The molecule has 4 aromatic rings. The Labute approximate surface area is 232 Å². The summed E-state index contributed by atoms with van der Waals surface area (Å²) in [6.45, 7) is 0.924. The maximum absolute atomic E-state index is 12.9. The lowest BCUT2D eigenvalue weighted by molar-refractivity contribution is -0.136. The number of carbonyl (C=O) groups is 3. The van der Waals surface area contributed by atoms with E-state index >= 15 is 0 Å². The molecule has 7 nitrogen and oxygen atoms in total. The van der Waals surface area contributed by atoms with Crippen molar-refractivity contribution in [3.8, 4) is 22.6 Å². The SMILES string of the molecule is O=C(O)CCc1ccc(OCCCOc2ccc(-c3ccccc3)cc2)cc1CN1C(=O)c2ccccc2C1=O. The number of hydrogen-bond acceptors (Lipinski definition) is 5. The molecular weight excluding hydrogens is 506 g/mol. The smallest absolute Gasteiger partial charge is 0.303 e. The average molecular weight is 536 g/mol. The molecule has 0 saturated heterocycles. The van der Waals surface area contributed by atoms with E-state index in [-0.39, 0.29) is 31.2 Å². The molecule has 0 unspecified atom stereocenters. The van der Waals surface area contributed by atoms with Crippen LogP contribution in [0.4, 0.5) is 0 Å². The van der Waals surface area contributed by atoms with E-state index in [1.54, 1.807) is 42.5 Å². The van der Waals surface area contributed by atoms with Crippen molar-refractivity contribution in [3.05, 3.63) is 119 Å². The summed E-state index contributed by atoms with van der Waals surface area (Å²) in [5, 5.41) is 9.17. The van der Waals surface area contributed by atoms with Crippen molar-refractivity contribution in [3.63, 3.8) is 0 Å². The number of aryl methyl sites for hydroxylation is 1. The Hall–Kier alpha value is -4.91. The van der Waals surface area contributed by atoms with Gasteiger partial charge < -0.3 is 14.6 Å². The van der Waals surface area contributed by atoms with Crippen LogP contribution >= 0.6 is 0 Å². The molecule has 1 N–H and O–H groups in total. The first-order valence-electron chi connectivity index (χ1n) is 13.2. The predicted octanol–water partition coefficient (Wildman–Crippen LogP) is 6.01. The molecule has 0 atom stereocenters. The zero-order valence-corrected chi connectivity index (χ0v) is 21.9. The second kappa shape index (κ2) is 12.3. The summed E-state index contributed by atoms with van der Waals surface area (Å²) in [6.07, 6.45) is 0.874. The molecule has 40 heavy (non-hydrogen) atoms. The van der Waals surface area contributed by atoms with Crippen molar-refractivity contribution in [1.82, 2.24) is 4.90 Å². The highest BCUT2D eigenvalue weighted by Crippen LogP contribution is 2.28. The van der Waals surface area contributed by atoms with Gasteiger partial charge in [-0.1, -0.05) is 60.7 Å². The Morgan fingerprint density at radius 3 is 1.90 bits per heavy atom. The van der Waals surface area contributed by atoms with Gasteiger partial charge in [-0.15, -0.1) is 0 Å². The summed E-state index contributed by atoms with van der Waals surface area (Å²) in [7, 11) is 0. The molecule has 1 aliphatic rings. The number of aliphatic carboxylic acids is 1. The fraction of sp³-hybridized carbons (Fsp3) is 0.182. The van der Waals surface area contributed by atoms with Gasteiger partial charge in [-0.25, -0.2) is 0 Å². The first kappa shape index (κ1) is 26.7. The Bertz CT molecular complexity index is 1480. The summed E-state index contributed by atoms with van der Waals surface area (Å²) in [5.41, 5.74) is 4.47. The van der Waals surface area contributed by atoms with Crippen LogP contribution in [0.15, 0.2) is 97.1 Å². The molecule has 0 bridgehead atoms. The number of amides is 2. The molecule has 4 aromatic carbocycles. The number of hydrogen-bond donors (Lipinski definition) is 1. The van der Waals surface area contributed by atoms with E-state index in [4.69, 9.17) is 14.6 Å². The number of carboxylic acids is 1. The molecule has 0 spiro atoms. The van der Waals surface area contributed by atoms with E-state index < -0.39 is 5.97 Å². The van der Waals surface area contributed by atoms with Crippen LogP contribution in [-0.2, 0) is 17.8 Å². The molecule has 0 saturated carbocycles. The van der Waals surface area contributed by atoms with Crippen molar-refractivity contribution in [2.45, 2.75) is 25.8 Å². The first-order valence-corrected chi connectivity index (χ1v) is 13.2. The Morgan fingerprint density at radius 2 is 1.25 bits per heavy atom. The van der Waals surface area contributed by atoms with E-state index in [0.29, 0.717) is 42.1 Å². The molecule has 2 amide bonds. The van der Waals surface area contributed by atoms with Gasteiger partial charge in [-0.3, -0.25) is 19.3 Å². The molecule has 1 aliphatic heterocycles. The number of rotatable bonds is 12. The molecule has 0 radical (unpaired) electrons. The van der Waals surface area contributed by atoms with Gasteiger partial charge in [0, 0.05) is 12.8 Å². The fourth-order valence-corrected chi connectivity index (χ4v) is 4.69. The minimum Gasteiger partial charge on any atom is -0.493 e. The van der Waals surface area contributed by atoms with Crippen LogP contribution in [0.25, 0.3) is 11.1 Å². The van der Waals surface area contributed by atoms with Crippen LogP contribution in [-0.4, -0.2) is 41.0 Å². The van der Waals surface area contributed by atoms with Gasteiger partial charge in [0.1, 0.15) is 11.5 Å². The highest BCUT2D eigenvalue weighted by atomic mass is 16.5. The number of nitrogens with zero attached hydrogens (tertiary/aromatic N) is 1. The van der Waals surface area contributed by atoms with Crippen LogP contribution in [0.1, 0.15) is 44.7 Å². The summed E-state index contributed by atoms with van der Waals surface area (Å²) < 4.78 is 11.8. The lowest BCUT2D eigenvalue weighted by Gasteiger charge is -2.18. The average Bonchev–Trinajstić information content (AvgIpc) is 3.22. The minimum atomic E-state index is -0.915. The molecule has 7 heteroatoms. The minimum absolute atomic E-state index is 0.0422. The lowest BCUT2D eigenvalue weighted by atomic mass is 10.0. The van der Waals surface area contributed by atoms with Crippen LogP contribution in [0.2, 0.25) is 0 Å². The molecule has 0 aromatic heterocycles. The standard InChI is InChI=1S/C33H29NO6/c35-31(36)18-14-25-13-17-28(21-26(25)22-34-32(37)29-9-4-5-10-30(29)33(34)38)40-20-6-19-39-27-15-11-24(12-16-27)23-7-2-1-3-8-23/h1-5,7-13,15-17,21H,6,14,18-20,22H2,(H,35,36). The summed E-state index contributed by atoms with van der Waals surface area (Å²) in [5.74, 6) is -0.264. The number of carboxylic acid groups (broad SMARTS) is 1. The summed E-state index contributed by atoms with van der Waals surface area (Å²) in [4.78, 5) is 38.2. The molecule has 0 aliphatic carbocycles. The van der Waals surface area contributed by atoms with Crippen molar-refractivity contribution >= 4 is 17.8 Å². The van der Waals surface area contributed by atoms with Gasteiger partial charge in [-0.2, -0.15) is 0 Å². The predicted molar refractivity (Wildman–Crippen MR) is 151 cm³/mol. The lowest BCUT2D eigenvalue weighted by Crippen LogP contribution is -2.29. The van der Waals surface area contributed by atoms with Crippen LogP contribution in [0.3, 0.4) is 0 Å². The van der Waals surface area contributed by atoms with Gasteiger partial charge in [0.2, 0.25) is 0 Å². The van der Waals surface area contributed by atoms with Crippen LogP contribution in [0.5, 0.6) is 11.5 Å². The highest BCUT2D eigenvalue weighted by Gasteiger charge is 2.35. The Kier molecular flexibility index (Phi) is 8.21. The van der Waals surface area contributed by atoms with Crippen molar-refractivity contribution < 1.29 is 29.0 Å². The second-order valence-electron chi connectivity index (χ2n) is 9.51. The van der Waals surface area contributed by atoms with E-state index in [1.165, 1.54) is 4.90 Å². The third kappa shape index (κ3) is 6.21. The van der Waals surface area contributed by atoms with Gasteiger partial charge in [0.25, 0.3) is 11.8 Å². The quantitative estimate of drug-likeness (QED) is 0.176. The molecule has 0 fully saturated rings. The topological polar surface area (TPSA) is 93.1 Å². The maximum atomic E-state index is 12.9. The van der Waals surface area contributed by atoms with Crippen molar-refractivity contribution in [2.75, 3.05) is 13.2 Å². The molecule has 202 valence electrons. The maximum Gasteiger partial charge on any atom is 0.303 e. The number of carbonyl (C=O) groups excluding carboxylic acids is 2.